The molecule has 1 atom stereocenters. The van der Waals surface area contributed by atoms with Crippen molar-refractivity contribution in [2.75, 3.05) is 0 Å². The normalized spacial score (nSPS) is 11.9. The van der Waals surface area contributed by atoms with Crippen molar-refractivity contribution < 1.29 is 14.3 Å². The molecular weight excluding hydrogens is 424 g/mol. The Morgan fingerprint density at radius 2 is 1.15 bits per heavy atom. The van der Waals surface area contributed by atoms with Gasteiger partial charge in [0.2, 0.25) is 6.29 Å². The Morgan fingerprint density at radius 1 is 0.727 bits per heavy atom. The summed E-state index contributed by atoms with van der Waals surface area (Å²) >= 11 is 0. The van der Waals surface area contributed by atoms with Crippen molar-refractivity contribution in [1.29, 1.82) is 0 Å². The van der Waals surface area contributed by atoms with Gasteiger partial charge in [-0.15, -0.1) is 0 Å². The zero-order valence-corrected chi connectivity index (χ0v) is 19.6. The molecule has 1 unspecified atom stereocenters. The molecule has 0 radical (unpaired) electrons. The van der Waals surface area contributed by atoms with E-state index in [0.29, 0.717) is 5.75 Å². The summed E-state index contributed by atoms with van der Waals surface area (Å²) in [5.74, 6) is 0.183. The fraction of sp³-hybridized carbons (Fsp3) is 0.0690. The van der Waals surface area contributed by atoms with Crippen LogP contribution < -0.4 is 25.5 Å². The molecule has 0 aliphatic heterocycles. The molecule has 0 spiro atoms. The third-order valence-electron chi connectivity index (χ3n) is 5.65. The van der Waals surface area contributed by atoms with Crippen LogP contribution in [0.4, 0.5) is 0 Å². The average Bonchev–Trinajstić information content (AvgIpc) is 2.87. The van der Waals surface area contributed by atoms with E-state index in [1.807, 2.05) is 36.4 Å². The number of carbonyl (C=O) groups excluding carboxylic acids is 1. The minimum absolute atomic E-state index is 0.516. The van der Waals surface area contributed by atoms with E-state index in [1.165, 1.54) is 15.6 Å². The lowest BCUT2D eigenvalue weighted by Gasteiger charge is -2.35. The maximum absolute atomic E-state index is 11.7. The summed E-state index contributed by atoms with van der Waals surface area (Å²) in [6, 6.07) is 39.9. The van der Waals surface area contributed by atoms with Gasteiger partial charge in [-0.2, -0.15) is 0 Å². The zero-order valence-electron chi connectivity index (χ0n) is 18.6. The summed E-state index contributed by atoms with van der Waals surface area (Å²) in [4.78, 5) is 11.7. The predicted octanol–water partition coefficient (Wildman–Crippen LogP) is 3.52. The molecule has 0 N–H and O–H groups in total. The number of rotatable bonds is 8. The van der Waals surface area contributed by atoms with Crippen LogP contribution in [0.25, 0.3) is 0 Å². The summed E-state index contributed by atoms with van der Waals surface area (Å²) < 4.78 is 11.6. The molecule has 33 heavy (non-hydrogen) atoms. The van der Waals surface area contributed by atoms with Gasteiger partial charge in [0, 0.05) is 13.0 Å². The van der Waals surface area contributed by atoms with Gasteiger partial charge in [-0.05, 0) is 26.8 Å². The van der Waals surface area contributed by atoms with Crippen LogP contribution >= 0.6 is 0 Å². The molecule has 4 aromatic rings. The topological polar surface area (TPSA) is 35.5 Å². The van der Waals surface area contributed by atoms with E-state index in [1.54, 1.807) is 6.92 Å². The molecule has 0 aliphatic rings. The second kappa shape index (κ2) is 10.2. The maximum atomic E-state index is 11.7. The summed E-state index contributed by atoms with van der Waals surface area (Å²) in [6.07, 6.45) is 0.383. The van der Waals surface area contributed by atoms with E-state index in [-0.39, 0.29) is 0 Å². The Hall–Kier alpha value is -3.89. The van der Waals surface area contributed by atoms with Gasteiger partial charge in [-0.25, -0.2) is 4.79 Å². The largest absolute Gasteiger partial charge is 0.455 e. The van der Waals surface area contributed by atoms with Crippen LogP contribution in [0.5, 0.6) is 5.75 Å². The molecule has 0 saturated carbocycles. The van der Waals surface area contributed by atoms with E-state index in [9.17, 15) is 4.79 Å². The van der Waals surface area contributed by atoms with Gasteiger partial charge in [0.25, 0.3) is 0 Å². The first-order valence-electron chi connectivity index (χ1n) is 10.9. The molecule has 3 nitrogen and oxygen atoms in total. The van der Waals surface area contributed by atoms with Crippen LogP contribution in [0.3, 0.4) is 0 Å². The number of benzene rings is 4. The molecule has 0 fully saturated rings. The Labute approximate surface area is 196 Å². The van der Waals surface area contributed by atoms with Crippen molar-refractivity contribution in [3.8, 4) is 5.75 Å². The molecule has 0 bridgehead atoms. The van der Waals surface area contributed by atoms with Crippen LogP contribution in [0, 0.1) is 0 Å². The van der Waals surface area contributed by atoms with E-state index >= 15 is 0 Å². The first-order chi connectivity index (χ1) is 16.2. The molecule has 4 aromatic carbocycles. The lowest BCUT2D eigenvalue weighted by molar-refractivity contribution is -0.154. The second-order valence-electron chi connectivity index (χ2n) is 7.67. The fourth-order valence-corrected chi connectivity index (χ4v) is 9.19. The van der Waals surface area contributed by atoms with E-state index in [4.69, 9.17) is 9.47 Å². The van der Waals surface area contributed by atoms with Gasteiger partial charge in [0.05, 0.1) is 0 Å². The van der Waals surface area contributed by atoms with Gasteiger partial charge in [-0.1, -0.05) is 116 Å². The number of para-hydroxylation sites is 1. The van der Waals surface area contributed by atoms with Crippen LogP contribution in [0.2, 0.25) is 0 Å². The average molecular weight is 451 g/mol. The summed E-state index contributed by atoms with van der Waals surface area (Å²) in [5, 5.41) is 4.83. The van der Waals surface area contributed by atoms with Crippen LogP contribution in [0.15, 0.2) is 128 Å². The maximum Gasteiger partial charge on any atom is 0.333 e. The molecular formula is C29H26O3Si. The molecule has 0 saturated heterocycles. The van der Waals surface area contributed by atoms with Crippen LogP contribution in [0.1, 0.15) is 6.92 Å². The van der Waals surface area contributed by atoms with Crippen molar-refractivity contribution in [1.82, 2.24) is 0 Å². The fourth-order valence-electron chi connectivity index (χ4n) is 4.32. The van der Waals surface area contributed by atoms with Gasteiger partial charge < -0.3 is 9.47 Å². The predicted molar refractivity (Wildman–Crippen MR) is 136 cm³/mol. The second-order valence-corrected chi connectivity index (χ2v) is 11.4. The van der Waals surface area contributed by atoms with Crippen molar-refractivity contribution >= 4 is 34.8 Å². The smallest absolute Gasteiger partial charge is 0.333 e. The summed E-state index contributed by atoms with van der Waals surface area (Å²) in [6.45, 7) is 5.19. The molecule has 0 heterocycles. The zero-order chi connectivity index (χ0) is 23.1. The molecule has 164 valence electrons. The Kier molecular flexibility index (Phi) is 6.86. The number of esters is 1. The van der Waals surface area contributed by atoms with Crippen molar-refractivity contribution in [3.63, 3.8) is 0 Å². The van der Waals surface area contributed by atoms with Gasteiger partial charge >= 0.3 is 5.97 Å². The monoisotopic (exact) mass is 450 g/mol. The Morgan fingerprint density at radius 3 is 1.61 bits per heavy atom. The minimum Gasteiger partial charge on any atom is -0.455 e. The quantitative estimate of drug-likeness (QED) is 0.135. The molecule has 0 aliphatic carbocycles. The van der Waals surface area contributed by atoms with E-state index < -0.39 is 20.3 Å². The van der Waals surface area contributed by atoms with E-state index in [2.05, 4.69) is 85.4 Å². The standard InChI is InChI=1S/C29H26O3Si/c1-3-29(30)32-23(2)31-27-21-13-14-22-28(27)33(24-15-7-4-8-16-24,25-17-9-5-10-18-25)26-19-11-6-12-20-26/h3-23H,1H2,2H3. The van der Waals surface area contributed by atoms with Crippen molar-refractivity contribution in [2.45, 2.75) is 13.2 Å². The van der Waals surface area contributed by atoms with E-state index in [0.717, 1.165) is 11.3 Å². The Bertz CT molecular complexity index is 1110. The Balaban J connectivity index is 2.00. The highest BCUT2D eigenvalue weighted by Gasteiger charge is 2.43. The van der Waals surface area contributed by atoms with Crippen LogP contribution in [-0.4, -0.2) is 20.3 Å². The minimum atomic E-state index is -2.75. The third kappa shape index (κ3) is 4.52. The molecule has 0 amide bonds. The first-order valence-corrected chi connectivity index (χ1v) is 12.9. The highest BCUT2D eigenvalue weighted by atomic mass is 28.3. The van der Waals surface area contributed by atoms with Crippen molar-refractivity contribution in [2.24, 2.45) is 0 Å². The van der Waals surface area contributed by atoms with Gasteiger partial charge in [0.15, 0.2) is 8.07 Å². The lowest BCUT2D eigenvalue weighted by Crippen LogP contribution is -2.75. The number of carbonyl (C=O) groups is 1. The van der Waals surface area contributed by atoms with Gasteiger partial charge in [0.1, 0.15) is 5.75 Å². The molecule has 0 aromatic heterocycles. The number of hydrogen-bond donors (Lipinski definition) is 0. The summed E-state index contributed by atoms with van der Waals surface area (Å²) in [5.41, 5.74) is 0. The van der Waals surface area contributed by atoms with Crippen LogP contribution in [-0.2, 0) is 9.53 Å². The summed E-state index contributed by atoms with van der Waals surface area (Å²) in [7, 11) is -2.75. The SMILES string of the molecule is C=CC(=O)OC(C)Oc1ccccc1[Si](c1ccccc1)(c1ccccc1)c1ccccc1. The lowest BCUT2D eigenvalue weighted by atomic mass is 10.3. The van der Waals surface area contributed by atoms with Crippen molar-refractivity contribution in [3.05, 3.63) is 128 Å². The molecule has 4 rings (SSSR count). The molecule has 4 heteroatoms. The number of ether oxygens (including phenoxy) is 2. The first kappa shape index (κ1) is 22.3. The third-order valence-corrected chi connectivity index (χ3v) is 10.5. The highest BCUT2D eigenvalue weighted by molar-refractivity contribution is 7.20. The number of hydrogen-bond acceptors (Lipinski definition) is 3. The van der Waals surface area contributed by atoms with Gasteiger partial charge in [-0.3, -0.25) is 0 Å². The highest BCUT2D eigenvalue weighted by Crippen LogP contribution is 2.18.